The van der Waals surface area contributed by atoms with Crippen molar-refractivity contribution in [1.82, 2.24) is 10.2 Å². The van der Waals surface area contributed by atoms with Gasteiger partial charge >= 0.3 is 5.97 Å². The quantitative estimate of drug-likeness (QED) is 0.866. The first-order chi connectivity index (χ1) is 10.2. The standard InChI is InChI=1S/C15H20N2O3S/c1-20-15(19)13-6-5-12(21-13)14(18)16-10-7-9-17-8-3-2-4-11(10)17/h5-6,10-11H,2-4,7-9H2,1H3,(H,16,18)/t10-,11-/m1/s1. The second kappa shape index (κ2) is 6.15. The minimum absolute atomic E-state index is 0.0763. The summed E-state index contributed by atoms with van der Waals surface area (Å²) in [6, 6.07) is 4.07. The Kier molecular flexibility index (Phi) is 4.26. The van der Waals surface area contributed by atoms with Crippen molar-refractivity contribution in [2.45, 2.75) is 37.8 Å². The van der Waals surface area contributed by atoms with Gasteiger partial charge in [0.15, 0.2) is 0 Å². The van der Waals surface area contributed by atoms with E-state index in [-0.39, 0.29) is 11.9 Å². The van der Waals surface area contributed by atoms with Crippen molar-refractivity contribution >= 4 is 23.2 Å². The van der Waals surface area contributed by atoms with Gasteiger partial charge in [-0.2, -0.15) is 0 Å². The van der Waals surface area contributed by atoms with E-state index >= 15 is 0 Å². The lowest BCUT2D eigenvalue weighted by atomic mass is 9.99. The lowest BCUT2D eigenvalue weighted by molar-refractivity contribution is 0.0606. The van der Waals surface area contributed by atoms with Crippen molar-refractivity contribution in [3.05, 3.63) is 21.9 Å². The normalized spacial score (nSPS) is 25.4. The zero-order valence-electron chi connectivity index (χ0n) is 12.1. The SMILES string of the molecule is COC(=O)c1ccc(C(=O)N[C@@H]2CCN3CCCC[C@H]23)s1. The van der Waals surface area contributed by atoms with Gasteiger partial charge in [-0.3, -0.25) is 9.69 Å². The molecule has 5 nitrogen and oxygen atoms in total. The van der Waals surface area contributed by atoms with Crippen molar-refractivity contribution in [1.29, 1.82) is 0 Å². The fourth-order valence-corrected chi connectivity index (χ4v) is 4.15. The van der Waals surface area contributed by atoms with E-state index in [1.807, 2.05) is 0 Å². The summed E-state index contributed by atoms with van der Waals surface area (Å²) in [6.45, 7) is 2.23. The van der Waals surface area contributed by atoms with Crippen molar-refractivity contribution in [3.63, 3.8) is 0 Å². The molecule has 1 amide bonds. The highest BCUT2D eigenvalue weighted by atomic mass is 32.1. The van der Waals surface area contributed by atoms with E-state index in [1.165, 1.54) is 37.7 Å². The summed E-state index contributed by atoms with van der Waals surface area (Å²) in [5, 5.41) is 3.14. The molecule has 0 saturated carbocycles. The van der Waals surface area contributed by atoms with Gasteiger partial charge in [-0.05, 0) is 37.9 Å². The maximum absolute atomic E-state index is 12.3. The Hall–Kier alpha value is -1.40. The first kappa shape index (κ1) is 14.5. The molecule has 1 aromatic rings. The van der Waals surface area contributed by atoms with Crippen LogP contribution < -0.4 is 5.32 Å². The molecule has 3 heterocycles. The predicted octanol–water partition coefficient (Wildman–Crippen LogP) is 1.89. The number of esters is 1. The lowest BCUT2D eigenvalue weighted by Gasteiger charge is -2.32. The van der Waals surface area contributed by atoms with Crippen LogP contribution in [0.1, 0.15) is 45.0 Å². The summed E-state index contributed by atoms with van der Waals surface area (Å²) in [4.78, 5) is 27.3. The number of piperidine rings is 1. The molecule has 0 spiro atoms. The number of carbonyl (C=O) groups is 2. The van der Waals surface area contributed by atoms with Crippen LogP contribution in [0.4, 0.5) is 0 Å². The van der Waals surface area contributed by atoms with Crippen LogP contribution in [0.2, 0.25) is 0 Å². The predicted molar refractivity (Wildman–Crippen MR) is 80.7 cm³/mol. The second-order valence-corrected chi connectivity index (χ2v) is 6.71. The zero-order valence-corrected chi connectivity index (χ0v) is 12.9. The molecule has 0 bridgehead atoms. The monoisotopic (exact) mass is 308 g/mol. The molecule has 2 atom stereocenters. The van der Waals surface area contributed by atoms with Crippen molar-refractivity contribution in [2.24, 2.45) is 0 Å². The molecule has 0 radical (unpaired) electrons. The Labute approximate surface area is 128 Å². The number of hydrogen-bond donors (Lipinski definition) is 1. The molecular formula is C15H20N2O3S. The maximum Gasteiger partial charge on any atom is 0.348 e. The van der Waals surface area contributed by atoms with Crippen LogP contribution in [0.15, 0.2) is 12.1 Å². The van der Waals surface area contributed by atoms with Gasteiger partial charge in [0.1, 0.15) is 4.88 Å². The fraction of sp³-hybridized carbons (Fsp3) is 0.600. The molecular weight excluding hydrogens is 288 g/mol. The molecule has 6 heteroatoms. The van der Waals surface area contributed by atoms with Gasteiger partial charge in [0, 0.05) is 18.6 Å². The van der Waals surface area contributed by atoms with Crippen molar-refractivity contribution in [2.75, 3.05) is 20.2 Å². The number of thiophene rings is 1. The third-order valence-corrected chi connectivity index (χ3v) is 5.45. The molecule has 1 aromatic heterocycles. The number of carbonyl (C=O) groups excluding carboxylic acids is 2. The van der Waals surface area contributed by atoms with Crippen LogP contribution in [0.25, 0.3) is 0 Å². The molecule has 3 rings (SSSR count). The number of fused-ring (bicyclic) bond motifs is 1. The summed E-state index contributed by atoms with van der Waals surface area (Å²) >= 11 is 1.19. The van der Waals surface area contributed by atoms with E-state index in [4.69, 9.17) is 0 Å². The number of nitrogens with one attached hydrogen (secondary N) is 1. The van der Waals surface area contributed by atoms with Gasteiger partial charge < -0.3 is 10.1 Å². The zero-order chi connectivity index (χ0) is 14.8. The fourth-order valence-electron chi connectivity index (χ4n) is 3.33. The smallest absolute Gasteiger partial charge is 0.348 e. The minimum atomic E-state index is -0.390. The summed E-state index contributed by atoms with van der Waals surface area (Å²) in [5.41, 5.74) is 0. The van der Waals surface area contributed by atoms with Crippen LogP contribution in [0.3, 0.4) is 0 Å². The Bertz CT molecular complexity index is 543. The minimum Gasteiger partial charge on any atom is -0.465 e. The number of rotatable bonds is 3. The molecule has 2 aliphatic heterocycles. The van der Waals surface area contributed by atoms with Gasteiger partial charge in [-0.15, -0.1) is 11.3 Å². The highest BCUT2D eigenvalue weighted by molar-refractivity contribution is 7.15. The molecule has 0 unspecified atom stereocenters. The van der Waals surface area contributed by atoms with E-state index in [0.29, 0.717) is 15.8 Å². The van der Waals surface area contributed by atoms with Gasteiger partial charge in [0.05, 0.1) is 12.0 Å². The highest BCUT2D eigenvalue weighted by Gasteiger charge is 2.36. The van der Waals surface area contributed by atoms with E-state index in [2.05, 4.69) is 15.0 Å². The average molecular weight is 308 g/mol. The van der Waals surface area contributed by atoms with E-state index in [9.17, 15) is 9.59 Å². The number of nitrogens with zero attached hydrogens (tertiary/aromatic N) is 1. The number of hydrogen-bond acceptors (Lipinski definition) is 5. The lowest BCUT2D eigenvalue weighted by Crippen LogP contribution is -2.46. The van der Waals surface area contributed by atoms with Gasteiger partial charge in [0.25, 0.3) is 5.91 Å². The molecule has 2 fully saturated rings. The Morgan fingerprint density at radius 3 is 2.86 bits per heavy atom. The summed E-state index contributed by atoms with van der Waals surface area (Å²) in [6.07, 6.45) is 4.71. The third-order valence-electron chi connectivity index (χ3n) is 4.39. The Balaban J connectivity index is 1.63. The summed E-state index contributed by atoms with van der Waals surface area (Å²) < 4.78 is 4.67. The molecule has 2 saturated heterocycles. The molecule has 0 aliphatic carbocycles. The Morgan fingerprint density at radius 2 is 2.05 bits per heavy atom. The topological polar surface area (TPSA) is 58.6 Å². The van der Waals surface area contributed by atoms with Gasteiger partial charge in [0.2, 0.25) is 0 Å². The van der Waals surface area contributed by atoms with Gasteiger partial charge in [-0.25, -0.2) is 4.79 Å². The van der Waals surface area contributed by atoms with E-state index in [1.54, 1.807) is 12.1 Å². The second-order valence-electron chi connectivity index (χ2n) is 5.62. The van der Waals surface area contributed by atoms with Crippen LogP contribution in [-0.4, -0.2) is 49.1 Å². The molecule has 21 heavy (non-hydrogen) atoms. The summed E-state index contributed by atoms with van der Waals surface area (Å²) in [5.74, 6) is -0.467. The van der Waals surface area contributed by atoms with Crippen LogP contribution in [-0.2, 0) is 4.74 Å². The first-order valence-electron chi connectivity index (χ1n) is 7.42. The average Bonchev–Trinajstić information content (AvgIpc) is 3.14. The number of methoxy groups -OCH3 is 1. The van der Waals surface area contributed by atoms with Gasteiger partial charge in [-0.1, -0.05) is 6.42 Å². The summed E-state index contributed by atoms with van der Waals surface area (Å²) in [7, 11) is 1.35. The van der Waals surface area contributed by atoms with Crippen molar-refractivity contribution < 1.29 is 14.3 Å². The highest BCUT2D eigenvalue weighted by Crippen LogP contribution is 2.27. The van der Waals surface area contributed by atoms with Crippen LogP contribution in [0, 0.1) is 0 Å². The molecule has 2 aliphatic rings. The van der Waals surface area contributed by atoms with Crippen LogP contribution in [0.5, 0.6) is 0 Å². The van der Waals surface area contributed by atoms with E-state index in [0.717, 1.165) is 19.5 Å². The maximum atomic E-state index is 12.3. The van der Waals surface area contributed by atoms with Crippen molar-refractivity contribution in [3.8, 4) is 0 Å². The largest absolute Gasteiger partial charge is 0.465 e. The molecule has 1 N–H and O–H groups in total. The first-order valence-corrected chi connectivity index (χ1v) is 8.24. The molecule has 114 valence electrons. The van der Waals surface area contributed by atoms with E-state index < -0.39 is 5.97 Å². The molecule has 0 aromatic carbocycles. The van der Waals surface area contributed by atoms with Crippen LogP contribution >= 0.6 is 11.3 Å². The number of ether oxygens (including phenoxy) is 1. The number of amides is 1. The Morgan fingerprint density at radius 1 is 1.24 bits per heavy atom. The third kappa shape index (κ3) is 2.96.